The van der Waals surface area contributed by atoms with Crippen molar-refractivity contribution in [3.63, 3.8) is 0 Å². The molecule has 70 valence electrons. The second kappa shape index (κ2) is 4.62. The Kier molecular flexibility index (Phi) is 3.46. The number of primary amides is 1. The van der Waals surface area contributed by atoms with Gasteiger partial charge in [-0.3, -0.25) is 4.79 Å². The standard InChI is InChI=1S/C10H13NO2/c11-10(13)7-9(12)6-8-4-2-1-3-5-8/h1-5,9,12H,6-7H2,(H2,11,13). The summed E-state index contributed by atoms with van der Waals surface area (Å²) in [7, 11) is 0. The molecule has 0 aliphatic heterocycles. The van der Waals surface area contributed by atoms with E-state index < -0.39 is 12.0 Å². The van der Waals surface area contributed by atoms with Crippen LogP contribution in [-0.2, 0) is 11.2 Å². The zero-order chi connectivity index (χ0) is 9.68. The minimum atomic E-state index is -0.667. The highest BCUT2D eigenvalue weighted by atomic mass is 16.3. The second-order valence-electron chi connectivity index (χ2n) is 3.01. The lowest BCUT2D eigenvalue weighted by Gasteiger charge is -2.07. The van der Waals surface area contributed by atoms with Gasteiger partial charge in [-0.25, -0.2) is 0 Å². The van der Waals surface area contributed by atoms with Gasteiger partial charge in [0.2, 0.25) is 5.91 Å². The Balaban J connectivity index is 2.45. The maximum absolute atomic E-state index is 10.5. The van der Waals surface area contributed by atoms with Crippen molar-refractivity contribution < 1.29 is 9.90 Å². The largest absolute Gasteiger partial charge is 0.392 e. The van der Waals surface area contributed by atoms with Gasteiger partial charge in [0.1, 0.15) is 0 Å². The molecule has 13 heavy (non-hydrogen) atoms. The van der Waals surface area contributed by atoms with Gasteiger partial charge in [-0.05, 0) is 12.0 Å². The number of carbonyl (C=O) groups is 1. The van der Waals surface area contributed by atoms with Crippen LogP contribution < -0.4 is 5.73 Å². The zero-order valence-electron chi connectivity index (χ0n) is 7.31. The SMILES string of the molecule is NC(=O)CC(O)Cc1ccccc1. The molecule has 1 atom stereocenters. The van der Waals surface area contributed by atoms with Crippen LogP contribution in [0.1, 0.15) is 12.0 Å². The van der Waals surface area contributed by atoms with E-state index in [4.69, 9.17) is 5.73 Å². The first kappa shape index (κ1) is 9.74. The molecule has 0 aromatic heterocycles. The van der Waals surface area contributed by atoms with E-state index in [0.29, 0.717) is 6.42 Å². The Labute approximate surface area is 77.2 Å². The topological polar surface area (TPSA) is 63.3 Å². The van der Waals surface area contributed by atoms with E-state index in [2.05, 4.69) is 0 Å². The van der Waals surface area contributed by atoms with E-state index in [1.165, 1.54) is 0 Å². The van der Waals surface area contributed by atoms with Crippen LogP contribution in [0.4, 0.5) is 0 Å². The van der Waals surface area contributed by atoms with Gasteiger partial charge in [-0.15, -0.1) is 0 Å². The first-order valence-corrected chi connectivity index (χ1v) is 4.19. The fourth-order valence-corrected chi connectivity index (χ4v) is 1.19. The lowest BCUT2D eigenvalue weighted by atomic mass is 10.1. The van der Waals surface area contributed by atoms with Gasteiger partial charge < -0.3 is 10.8 Å². The van der Waals surface area contributed by atoms with Crippen molar-refractivity contribution in [1.82, 2.24) is 0 Å². The molecule has 3 N–H and O–H groups in total. The Hall–Kier alpha value is -1.35. The third-order valence-electron chi connectivity index (χ3n) is 1.75. The Morgan fingerprint density at radius 1 is 1.38 bits per heavy atom. The number of aliphatic hydroxyl groups is 1. The van der Waals surface area contributed by atoms with E-state index in [1.807, 2.05) is 30.3 Å². The summed E-state index contributed by atoms with van der Waals surface area (Å²) in [6.07, 6.45) is -0.168. The lowest BCUT2D eigenvalue weighted by molar-refractivity contribution is -0.119. The molecule has 1 unspecified atom stereocenters. The molecule has 3 nitrogen and oxygen atoms in total. The number of hydrogen-bond donors (Lipinski definition) is 2. The van der Waals surface area contributed by atoms with Crippen molar-refractivity contribution in [3.8, 4) is 0 Å². The normalized spacial score (nSPS) is 12.4. The predicted molar refractivity (Wildman–Crippen MR) is 50.0 cm³/mol. The third-order valence-corrected chi connectivity index (χ3v) is 1.75. The van der Waals surface area contributed by atoms with Gasteiger partial charge in [0, 0.05) is 0 Å². The Morgan fingerprint density at radius 2 is 2.00 bits per heavy atom. The molecule has 0 spiro atoms. The maximum atomic E-state index is 10.5. The molecule has 0 heterocycles. The third kappa shape index (κ3) is 3.71. The second-order valence-corrected chi connectivity index (χ2v) is 3.01. The summed E-state index contributed by atoms with van der Waals surface area (Å²) in [5.74, 6) is -0.469. The van der Waals surface area contributed by atoms with E-state index in [-0.39, 0.29) is 6.42 Å². The van der Waals surface area contributed by atoms with Crippen LogP contribution in [0.25, 0.3) is 0 Å². The van der Waals surface area contributed by atoms with E-state index in [9.17, 15) is 9.90 Å². The van der Waals surface area contributed by atoms with Gasteiger partial charge in [0.05, 0.1) is 12.5 Å². The van der Waals surface area contributed by atoms with Crippen molar-refractivity contribution in [2.75, 3.05) is 0 Å². The van der Waals surface area contributed by atoms with Crippen molar-refractivity contribution in [3.05, 3.63) is 35.9 Å². The van der Waals surface area contributed by atoms with E-state index in [0.717, 1.165) is 5.56 Å². The molecule has 1 amide bonds. The molecule has 1 aromatic rings. The van der Waals surface area contributed by atoms with Crippen LogP contribution in [0.3, 0.4) is 0 Å². The summed E-state index contributed by atoms with van der Waals surface area (Å²) in [5.41, 5.74) is 5.96. The highest BCUT2D eigenvalue weighted by molar-refractivity contribution is 5.74. The first-order valence-electron chi connectivity index (χ1n) is 4.19. The molecule has 0 bridgehead atoms. The highest BCUT2D eigenvalue weighted by Gasteiger charge is 2.07. The summed E-state index contributed by atoms with van der Waals surface area (Å²) >= 11 is 0. The molecule has 0 aliphatic carbocycles. The molecule has 1 rings (SSSR count). The van der Waals surface area contributed by atoms with Crippen LogP contribution in [0.2, 0.25) is 0 Å². The molecule has 3 heteroatoms. The number of carbonyl (C=O) groups excluding carboxylic acids is 1. The fraction of sp³-hybridized carbons (Fsp3) is 0.300. The van der Waals surface area contributed by atoms with Gasteiger partial charge >= 0.3 is 0 Å². The highest BCUT2D eigenvalue weighted by Crippen LogP contribution is 2.04. The molecular weight excluding hydrogens is 166 g/mol. The number of benzene rings is 1. The predicted octanol–water partition coefficient (Wildman–Crippen LogP) is 0.465. The molecule has 0 radical (unpaired) electrons. The van der Waals surface area contributed by atoms with Gasteiger partial charge in [0.25, 0.3) is 0 Å². The van der Waals surface area contributed by atoms with Crippen LogP contribution in [0.5, 0.6) is 0 Å². The van der Waals surface area contributed by atoms with Gasteiger partial charge in [0.15, 0.2) is 0 Å². The maximum Gasteiger partial charge on any atom is 0.220 e. The number of nitrogens with two attached hydrogens (primary N) is 1. The minimum absolute atomic E-state index is 0.0227. The van der Waals surface area contributed by atoms with Crippen molar-refractivity contribution >= 4 is 5.91 Å². The van der Waals surface area contributed by atoms with Crippen molar-refractivity contribution in [2.45, 2.75) is 18.9 Å². The van der Waals surface area contributed by atoms with Crippen LogP contribution in [0.15, 0.2) is 30.3 Å². The molecule has 0 aliphatic rings. The van der Waals surface area contributed by atoms with Gasteiger partial charge in [-0.2, -0.15) is 0 Å². The lowest BCUT2D eigenvalue weighted by Crippen LogP contribution is -2.21. The molecule has 1 aromatic carbocycles. The summed E-state index contributed by atoms with van der Waals surface area (Å²) in [4.78, 5) is 10.5. The smallest absolute Gasteiger partial charge is 0.220 e. The van der Waals surface area contributed by atoms with Crippen LogP contribution in [-0.4, -0.2) is 17.1 Å². The number of amides is 1. The first-order chi connectivity index (χ1) is 6.18. The summed E-state index contributed by atoms with van der Waals surface area (Å²) < 4.78 is 0. The summed E-state index contributed by atoms with van der Waals surface area (Å²) in [6, 6.07) is 9.51. The number of hydrogen-bond acceptors (Lipinski definition) is 2. The number of rotatable bonds is 4. The number of aliphatic hydroxyl groups excluding tert-OH is 1. The summed E-state index contributed by atoms with van der Waals surface area (Å²) in [6.45, 7) is 0. The Morgan fingerprint density at radius 3 is 2.54 bits per heavy atom. The monoisotopic (exact) mass is 179 g/mol. The van der Waals surface area contributed by atoms with Crippen LogP contribution >= 0.6 is 0 Å². The molecule has 0 saturated carbocycles. The fourth-order valence-electron chi connectivity index (χ4n) is 1.19. The summed E-state index contributed by atoms with van der Waals surface area (Å²) in [5, 5.41) is 9.37. The molecular formula is C10H13NO2. The Bertz CT molecular complexity index is 272. The molecule has 0 fully saturated rings. The van der Waals surface area contributed by atoms with Crippen molar-refractivity contribution in [1.29, 1.82) is 0 Å². The quantitative estimate of drug-likeness (QED) is 0.705. The van der Waals surface area contributed by atoms with Crippen molar-refractivity contribution in [2.24, 2.45) is 5.73 Å². The van der Waals surface area contributed by atoms with Gasteiger partial charge in [-0.1, -0.05) is 30.3 Å². The van der Waals surface area contributed by atoms with E-state index in [1.54, 1.807) is 0 Å². The average molecular weight is 179 g/mol. The average Bonchev–Trinajstić information content (AvgIpc) is 2.04. The van der Waals surface area contributed by atoms with E-state index >= 15 is 0 Å². The van der Waals surface area contributed by atoms with Crippen LogP contribution in [0, 0.1) is 0 Å². The minimum Gasteiger partial charge on any atom is -0.392 e. The zero-order valence-corrected chi connectivity index (χ0v) is 7.31. The molecule has 0 saturated heterocycles.